The predicted molar refractivity (Wildman–Crippen MR) is 114 cm³/mol. The fourth-order valence-corrected chi connectivity index (χ4v) is 3.78. The van der Waals surface area contributed by atoms with Gasteiger partial charge in [0.2, 0.25) is 0 Å². The number of benzene rings is 2. The number of hydrogen-bond acceptors (Lipinski definition) is 3. The normalized spacial score (nSPS) is 14.7. The largest absolute Gasteiger partial charge is 0.368 e. The molecular weight excluding hydrogens is 360 g/mol. The first-order valence-electron chi connectivity index (χ1n) is 9.60. The van der Waals surface area contributed by atoms with Crippen molar-refractivity contribution in [3.8, 4) is 0 Å². The van der Waals surface area contributed by atoms with Crippen molar-refractivity contribution in [1.82, 2.24) is 9.38 Å². The molecule has 0 N–H and O–H groups in total. The highest BCUT2D eigenvalue weighted by molar-refractivity contribution is 5.95. The van der Waals surface area contributed by atoms with Crippen LogP contribution < -0.4 is 4.48 Å². The summed E-state index contributed by atoms with van der Waals surface area (Å²) in [5.74, 6) is 0.0865. The van der Waals surface area contributed by atoms with Crippen molar-refractivity contribution in [1.29, 1.82) is 0 Å². The number of carbonyl (C=O) groups excluding carboxylic acids is 1. The zero-order chi connectivity index (χ0) is 18.2. The molecule has 1 amide bonds. The summed E-state index contributed by atoms with van der Waals surface area (Å²) < 4.78 is 5.74. The standard InChI is InChI=1S/C22H29N2O2.ClH/c1-2-26-19-22(25)24(20-11-5-3-6-12-20,21-13-7-4-8-14-21)18-17-23-15-9-10-16-23;/h3-8,11-14H,2,9-10,15-19H2,1H3;1H/q+1;. The molecular formula is C22H30ClN2O2+. The highest BCUT2D eigenvalue weighted by Crippen LogP contribution is 2.35. The first-order valence-corrected chi connectivity index (χ1v) is 9.60. The molecule has 3 rings (SSSR count). The van der Waals surface area contributed by atoms with Crippen LogP contribution in [0.4, 0.5) is 11.4 Å². The minimum Gasteiger partial charge on any atom is -0.368 e. The van der Waals surface area contributed by atoms with Gasteiger partial charge in [0.05, 0.1) is 0 Å². The van der Waals surface area contributed by atoms with Gasteiger partial charge in [0.25, 0.3) is 0 Å². The van der Waals surface area contributed by atoms with Crippen LogP contribution in [0.25, 0.3) is 0 Å². The molecule has 1 aliphatic heterocycles. The van der Waals surface area contributed by atoms with E-state index in [0.717, 1.165) is 37.6 Å². The molecule has 1 heterocycles. The van der Waals surface area contributed by atoms with Crippen LogP contribution in [0.2, 0.25) is 0 Å². The number of ether oxygens (including phenoxy) is 1. The van der Waals surface area contributed by atoms with Gasteiger partial charge in [-0.15, -0.1) is 12.4 Å². The third-order valence-corrected chi connectivity index (χ3v) is 5.20. The Morgan fingerprint density at radius 3 is 1.96 bits per heavy atom. The van der Waals surface area contributed by atoms with Gasteiger partial charge in [-0.3, -0.25) is 4.90 Å². The Morgan fingerprint density at radius 2 is 1.48 bits per heavy atom. The number of amides is 1. The van der Waals surface area contributed by atoms with E-state index >= 15 is 0 Å². The van der Waals surface area contributed by atoms with Crippen molar-refractivity contribution in [2.75, 3.05) is 39.4 Å². The highest BCUT2D eigenvalue weighted by Gasteiger charge is 2.41. The Morgan fingerprint density at radius 1 is 0.963 bits per heavy atom. The number of halogens is 1. The fourth-order valence-electron chi connectivity index (χ4n) is 3.78. The molecule has 1 aliphatic rings. The number of quaternary nitrogens is 1. The Kier molecular flexibility index (Phi) is 8.45. The Balaban J connectivity index is 0.00000261. The van der Waals surface area contributed by atoms with E-state index in [2.05, 4.69) is 29.2 Å². The van der Waals surface area contributed by atoms with Crippen LogP contribution >= 0.6 is 12.4 Å². The van der Waals surface area contributed by atoms with E-state index in [1.807, 2.05) is 43.3 Å². The van der Waals surface area contributed by atoms with Crippen LogP contribution in [0.5, 0.6) is 0 Å². The number of nitrogens with zero attached hydrogens (tertiary/aromatic N) is 2. The number of carbonyl (C=O) groups is 1. The van der Waals surface area contributed by atoms with Crippen LogP contribution in [-0.2, 0) is 9.53 Å². The van der Waals surface area contributed by atoms with E-state index < -0.39 is 0 Å². The second-order valence-electron chi connectivity index (χ2n) is 6.78. The molecule has 4 nitrogen and oxygen atoms in total. The second-order valence-corrected chi connectivity index (χ2v) is 6.78. The van der Waals surface area contributed by atoms with Gasteiger partial charge in [-0.05, 0) is 32.9 Å². The van der Waals surface area contributed by atoms with Crippen molar-refractivity contribution >= 4 is 29.7 Å². The molecule has 5 heteroatoms. The lowest BCUT2D eigenvalue weighted by molar-refractivity contribution is -0.132. The first-order chi connectivity index (χ1) is 12.8. The topological polar surface area (TPSA) is 29.5 Å². The summed E-state index contributed by atoms with van der Waals surface area (Å²) in [7, 11) is 0. The Bertz CT molecular complexity index is 648. The molecule has 0 spiro atoms. The monoisotopic (exact) mass is 389 g/mol. The molecule has 2 aromatic carbocycles. The van der Waals surface area contributed by atoms with E-state index in [4.69, 9.17) is 4.74 Å². The third-order valence-electron chi connectivity index (χ3n) is 5.20. The van der Waals surface area contributed by atoms with Crippen LogP contribution in [0, 0.1) is 0 Å². The van der Waals surface area contributed by atoms with E-state index in [1.54, 1.807) is 0 Å². The molecule has 0 aromatic heterocycles. The zero-order valence-corrected chi connectivity index (χ0v) is 16.9. The number of rotatable bonds is 8. The smallest absolute Gasteiger partial charge is 0.349 e. The Hall–Kier alpha value is -1.72. The minimum atomic E-state index is 0. The number of likely N-dealkylation sites (tertiary alicyclic amines) is 1. The van der Waals surface area contributed by atoms with Crippen LogP contribution in [-0.4, -0.2) is 50.2 Å². The number of para-hydroxylation sites is 2. The van der Waals surface area contributed by atoms with Gasteiger partial charge in [-0.1, -0.05) is 36.4 Å². The quantitative estimate of drug-likeness (QED) is 0.626. The molecule has 0 unspecified atom stereocenters. The maximum atomic E-state index is 13.5. The van der Waals surface area contributed by atoms with Crippen LogP contribution in [0.3, 0.4) is 0 Å². The van der Waals surface area contributed by atoms with Gasteiger partial charge in [-0.25, -0.2) is 4.79 Å². The molecule has 0 saturated carbocycles. The lowest BCUT2D eigenvalue weighted by Crippen LogP contribution is -2.54. The van der Waals surface area contributed by atoms with Crippen molar-refractivity contribution in [3.63, 3.8) is 0 Å². The molecule has 0 bridgehead atoms. The molecule has 0 atom stereocenters. The molecule has 0 aliphatic carbocycles. The van der Waals surface area contributed by atoms with E-state index in [9.17, 15) is 4.79 Å². The van der Waals surface area contributed by atoms with Crippen molar-refractivity contribution in [2.24, 2.45) is 0 Å². The summed E-state index contributed by atoms with van der Waals surface area (Å²) in [6.45, 7) is 6.48. The third kappa shape index (κ3) is 4.96. The maximum Gasteiger partial charge on any atom is 0.349 e. The average Bonchev–Trinajstić information content (AvgIpc) is 3.22. The summed E-state index contributed by atoms with van der Waals surface area (Å²) in [5.41, 5.74) is 2.00. The Labute approximate surface area is 168 Å². The van der Waals surface area contributed by atoms with Gasteiger partial charge in [-0.2, -0.15) is 4.48 Å². The zero-order valence-electron chi connectivity index (χ0n) is 16.0. The maximum absolute atomic E-state index is 13.5. The van der Waals surface area contributed by atoms with Crippen molar-refractivity contribution in [2.45, 2.75) is 19.8 Å². The van der Waals surface area contributed by atoms with E-state index in [1.165, 1.54) is 12.8 Å². The van der Waals surface area contributed by atoms with E-state index in [-0.39, 0.29) is 29.4 Å². The molecule has 27 heavy (non-hydrogen) atoms. The van der Waals surface area contributed by atoms with Crippen LogP contribution in [0.1, 0.15) is 19.8 Å². The average molecular weight is 390 g/mol. The molecule has 146 valence electrons. The molecule has 2 aromatic rings. The minimum absolute atomic E-state index is 0. The summed E-state index contributed by atoms with van der Waals surface area (Å²) >= 11 is 0. The van der Waals surface area contributed by atoms with Gasteiger partial charge in [0.1, 0.15) is 17.9 Å². The first kappa shape index (κ1) is 21.6. The summed E-state index contributed by atoms with van der Waals surface area (Å²) in [4.78, 5) is 15.9. The lowest BCUT2D eigenvalue weighted by Gasteiger charge is -2.36. The SMILES string of the molecule is CCOCC(=O)[N+](CCN1CCCC1)(c1ccccc1)c1ccccc1.Cl. The van der Waals surface area contributed by atoms with E-state index in [0.29, 0.717) is 6.61 Å². The molecule has 0 radical (unpaired) electrons. The highest BCUT2D eigenvalue weighted by atomic mass is 35.5. The lowest BCUT2D eigenvalue weighted by atomic mass is 10.1. The fraction of sp³-hybridized carbons (Fsp3) is 0.409. The summed E-state index contributed by atoms with van der Waals surface area (Å²) in [5, 5.41) is 0. The summed E-state index contributed by atoms with van der Waals surface area (Å²) in [6, 6.07) is 20.3. The predicted octanol–water partition coefficient (Wildman–Crippen LogP) is 4.41. The van der Waals surface area contributed by atoms with Crippen molar-refractivity contribution in [3.05, 3.63) is 60.7 Å². The van der Waals surface area contributed by atoms with Gasteiger partial charge in [0, 0.05) is 37.4 Å². The second kappa shape index (κ2) is 10.6. The van der Waals surface area contributed by atoms with Gasteiger partial charge >= 0.3 is 5.91 Å². The van der Waals surface area contributed by atoms with Crippen molar-refractivity contribution < 1.29 is 9.53 Å². The molecule has 1 saturated heterocycles. The summed E-state index contributed by atoms with van der Waals surface area (Å²) in [6.07, 6.45) is 2.51. The van der Waals surface area contributed by atoms with Crippen LogP contribution in [0.15, 0.2) is 60.7 Å². The van der Waals surface area contributed by atoms with Gasteiger partial charge < -0.3 is 4.74 Å². The number of hydrogen-bond donors (Lipinski definition) is 0. The van der Waals surface area contributed by atoms with Gasteiger partial charge in [0.15, 0.2) is 6.61 Å². The molecule has 1 fully saturated rings.